The fourth-order valence-electron chi connectivity index (χ4n) is 5.96. The number of hydrogen-bond acceptors (Lipinski definition) is 6. The van der Waals surface area contributed by atoms with Gasteiger partial charge < -0.3 is 19.7 Å². The molecule has 6 nitrogen and oxygen atoms in total. The molecular formula is C25H26O6. The number of fused-ring (bicyclic) bond motifs is 5. The number of carbonyl (C=O) groups is 2. The Morgan fingerprint density at radius 3 is 1.42 bits per heavy atom. The highest BCUT2D eigenvalue weighted by molar-refractivity contribution is 5.90. The van der Waals surface area contributed by atoms with E-state index in [1.807, 2.05) is 0 Å². The van der Waals surface area contributed by atoms with E-state index in [1.54, 1.807) is 0 Å². The van der Waals surface area contributed by atoms with Gasteiger partial charge in [-0.3, -0.25) is 0 Å². The summed E-state index contributed by atoms with van der Waals surface area (Å²) in [5.41, 5.74) is 0.716. The Labute approximate surface area is 180 Å². The predicted molar refractivity (Wildman–Crippen MR) is 112 cm³/mol. The van der Waals surface area contributed by atoms with Crippen LogP contribution in [0.1, 0.15) is 52.8 Å². The SMILES string of the molecule is O=C(OC1CC2C3CCC(C3)C2CC1OC(=O)c1ccc(O)cc1)c1ccc(O)cc1. The monoisotopic (exact) mass is 422 g/mol. The Hall–Kier alpha value is -3.02. The van der Waals surface area contributed by atoms with Crippen LogP contribution in [-0.4, -0.2) is 34.4 Å². The van der Waals surface area contributed by atoms with Gasteiger partial charge in [0.15, 0.2) is 0 Å². The van der Waals surface area contributed by atoms with Crippen LogP contribution >= 0.6 is 0 Å². The molecule has 0 amide bonds. The molecule has 0 spiro atoms. The molecule has 2 bridgehead atoms. The van der Waals surface area contributed by atoms with Crippen LogP contribution in [0.3, 0.4) is 0 Å². The molecule has 162 valence electrons. The highest BCUT2D eigenvalue weighted by Crippen LogP contribution is 2.58. The molecule has 0 aliphatic heterocycles. The normalized spacial score (nSPS) is 31.1. The summed E-state index contributed by atoms with van der Waals surface area (Å²) in [6, 6.07) is 11.9. The van der Waals surface area contributed by atoms with Gasteiger partial charge in [-0.2, -0.15) is 0 Å². The van der Waals surface area contributed by atoms with Crippen LogP contribution in [0.25, 0.3) is 0 Å². The van der Waals surface area contributed by atoms with Crippen molar-refractivity contribution in [3.8, 4) is 11.5 Å². The maximum atomic E-state index is 12.7. The van der Waals surface area contributed by atoms with Gasteiger partial charge in [0, 0.05) is 0 Å². The number of benzene rings is 2. The van der Waals surface area contributed by atoms with Crippen molar-refractivity contribution in [3.63, 3.8) is 0 Å². The molecule has 0 heterocycles. The van der Waals surface area contributed by atoms with Crippen molar-refractivity contribution in [2.45, 2.75) is 44.3 Å². The number of carbonyl (C=O) groups excluding carboxylic acids is 2. The van der Waals surface area contributed by atoms with E-state index in [-0.39, 0.29) is 11.5 Å². The quantitative estimate of drug-likeness (QED) is 0.714. The highest BCUT2D eigenvalue weighted by Gasteiger charge is 2.53. The number of rotatable bonds is 4. The molecule has 3 aliphatic carbocycles. The van der Waals surface area contributed by atoms with Crippen molar-refractivity contribution in [1.29, 1.82) is 0 Å². The molecule has 3 saturated carbocycles. The molecule has 0 radical (unpaired) electrons. The number of phenols is 2. The van der Waals surface area contributed by atoms with E-state index in [9.17, 15) is 19.8 Å². The van der Waals surface area contributed by atoms with Crippen molar-refractivity contribution in [2.24, 2.45) is 23.7 Å². The van der Waals surface area contributed by atoms with Crippen molar-refractivity contribution >= 4 is 11.9 Å². The van der Waals surface area contributed by atoms with Gasteiger partial charge >= 0.3 is 11.9 Å². The lowest BCUT2D eigenvalue weighted by atomic mass is 9.69. The minimum atomic E-state index is -0.497. The van der Waals surface area contributed by atoms with Crippen LogP contribution in [0.15, 0.2) is 48.5 Å². The van der Waals surface area contributed by atoms with Crippen molar-refractivity contribution in [2.75, 3.05) is 0 Å². The molecule has 0 saturated heterocycles. The molecule has 0 aromatic heterocycles. The fraction of sp³-hybridized carbons (Fsp3) is 0.440. The van der Waals surface area contributed by atoms with E-state index < -0.39 is 24.1 Å². The predicted octanol–water partition coefficient (Wildman–Crippen LogP) is 4.30. The van der Waals surface area contributed by atoms with Gasteiger partial charge in [-0.15, -0.1) is 0 Å². The van der Waals surface area contributed by atoms with Crippen molar-refractivity contribution < 1.29 is 29.3 Å². The summed E-state index contributed by atoms with van der Waals surface area (Å²) >= 11 is 0. The van der Waals surface area contributed by atoms with Crippen molar-refractivity contribution in [1.82, 2.24) is 0 Å². The summed E-state index contributed by atoms with van der Waals surface area (Å²) in [5.74, 6) is 1.60. The summed E-state index contributed by atoms with van der Waals surface area (Å²) in [6.45, 7) is 0. The zero-order valence-corrected chi connectivity index (χ0v) is 17.1. The van der Waals surface area contributed by atoms with Crippen LogP contribution in [0.4, 0.5) is 0 Å². The first-order chi connectivity index (χ1) is 15.0. The third-order valence-electron chi connectivity index (χ3n) is 7.42. The minimum absolute atomic E-state index is 0.0831. The Bertz CT molecular complexity index is 887. The molecule has 3 aliphatic rings. The van der Waals surface area contributed by atoms with Gasteiger partial charge in [-0.05, 0) is 104 Å². The van der Waals surface area contributed by atoms with E-state index >= 15 is 0 Å². The third kappa shape index (κ3) is 3.87. The second-order valence-corrected chi connectivity index (χ2v) is 9.11. The van der Waals surface area contributed by atoms with Gasteiger partial charge in [0.05, 0.1) is 11.1 Å². The zero-order valence-electron chi connectivity index (χ0n) is 17.1. The Morgan fingerprint density at radius 1 is 0.645 bits per heavy atom. The van der Waals surface area contributed by atoms with Crippen LogP contribution in [-0.2, 0) is 9.47 Å². The molecule has 2 N–H and O–H groups in total. The molecule has 3 fully saturated rings. The smallest absolute Gasteiger partial charge is 0.338 e. The average Bonchev–Trinajstić information content (AvgIpc) is 3.37. The van der Waals surface area contributed by atoms with E-state index in [4.69, 9.17) is 9.47 Å². The largest absolute Gasteiger partial charge is 0.508 e. The Kier molecular flexibility index (Phi) is 5.08. The lowest BCUT2D eigenvalue weighted by Crippen LogP contribution is -2.45. The summed E-state index contributed by atoms with van der Waals surface area (Å²) in [4.78, 5) is 25.5. The van der Waals surface area contributed by atoms with Gasteiger partial charge in [0.1, 0.15) is 23.7 Å². The maximum Gasteiger partial charge on any atom is 0.338 e. The first-order valence-corrected chi connectivity index (χ1v) is 11.0. The summed E-state index contributed by atoms with van der Waals surface area (Å²) in [5, 5.41) is 18.9. The average molecular weight is 422 g/mol. The third-order valence-corrected chi connectivity index (χ3v) is 7.42. The molecule has 2 aromatic carbocycles. The van der Waals surface area contributed by atoms with Gasteiger partial charge in [-0.25, -0.2) is 9.59 Å². The van der Waals surface area contributed by atoms with Crippen LogP contribution in [0.5, 0.6) is 11.5 Å². The standard InChI is InChI=1S/C25H26O6/c26-18-7-3-14(4-8-18)24(28)30-22-12-20-16-1-2-17(11-16)21(20)13-23(22)31-25(29)15-5-9-19(27)10-6-15/h3-10,16-17,20-23,26-27H,1-2,11-13H2. The lowest BCUT2D eigenvalue weighted by Gasteiger charge is -2.42. The first-order valence-electron chi connectivity index (χ1n) is 11.0. The number of esters is 2. The molecular weight excluding hydrogens is 396 g/mol. The molecule has 5 rings (SSSR count). The maximum absolute atomic E-state index is 12.7. The second kappa shape index (κ2) is 7.91. The minimum Gasteiger partial charge on any atom is -0.508 e. The molecule has 6 heteroatoms. The van der Waals surface area contributed by atoms with E-state index in [0.29, 0.717) is 47.6 Å². The molecule has 6 unspecified atom stereocenters. The summed E-state index contributed by atoms with van der Waals surface area (Å²) < 4.78 is 11.7. The molecule has 6 atom stereocenters. The zero-order chi connectivity index (χ0) is 21.5. The number of aromatic hydroxyl groups is 2. The number of hydrogen-bond donors (Lipinski definition) is 2. The molecule has 2 aromatic rings. The van der Waals surface area contributed by atoms with Gasteiger partial charge in [-0.1, -0.05) is 0 Å². The van der Waals surface area contributed by atoms with Gasteiger partial charge in [0.2, 0.25) is 0 Å². The van der Waals surface area contributed by atoms with Gasteiger partial charge in [0.25, 0.3) is 0 Å². The Morgan fingerprint density at radius 2 is 1.03 bits per heavy atom. The first kappa shape index (κ1) is 19.9. The molecule has 31 heavy (non-hydrogen) atoms. The van der Waals surface area contributed by atoms with Crippen LogP contribution in [0.2, 0.25) is 0 Å². The second-order valence-electron chi connectivity index (χ2n) is 9.11. The number of ether oxygens (including phenoxy) is 2. The lowest BCUT2D eigenvalue weighted by molar-refractivity contribution is -0.0822. The number of phenolic OH excluding ortho intramolecular Hbond substituents is 2. The van der Waals surface area contributed by atoms with Crippen LogP contribution in [0, 0.1) is 23.7 Å². The highest BCUT2D eigenvalue weighted by atomic mass is 16.6. The summed E-state index contributed by atoms with van der Waals surface area (Å²) in [7, 11) is 0. The topological polar surface area (TPSA) is 93.1 Å². The van der Waals surface area contributed by atoms with Crippen molar-refractivity contribution in [3.05, 3.63) is 59.7 Å². The summed E-state index contributed by atoms with van der Waals surface area (Å²) in [6.07, 6.45) is 4.13. The van der Waals surface area contributed by atoms with E-state index in [2.05, 4.69) is 0 Å². The van der Waals surface area contributed by atoms with E-state index in [1.165, 1.54) is 67.8 Å². The fourth-order valence-corrected chi connectivity index (χ4v) is 5.96. The van der Waals surface area contributed by atoms with Crippen LogP contribution < -0.4 is 0 Å². The van der Waals surface area contributed by atoms with E-state index in [0.717, 1.165) is 0 Å². The Balaban J connectivity index is 1.34.